The number of fused-ring (bicyclic) bond motifs is 2. The number of hydrogen-bond donors (Lipinski definition) is 1. The Bertz CT molecular complexity index is 2060. The first-order valence-corrected chi connectivity index (χ1v) is 22.1. The molecule has 7 rings (SSSR count). The smallest absolute Gasteiger partial charge is 0.264 e. The third-order valence-electron chi connectivity index (χ3n) is 10.9. The SMILES string of the molecule is C[C@@H]1[C@@H]([Si](C)(C)F)[C@H](CC(=O)N(CCO)Cc2ccccc2)O[C@@]12C(=O)N(Cc1ccc(N3N=C(c4ccccc4)CCC3=O)cc1)c1ccc(Br)cc12. The maximum atomic E-state index is 16.5. The summed E-state index contributed by atoms with van der Waals surface area (Å²) in [5, 5.41) is 16.0. The molecule has 0 aliphatic carbocycles. The number of aliphatic hydroxyl groups excluding tert-OH is 1. The van der Waals surface area contributed by atoms with E-state index in [1.807, 2.05) is 110 Å². The fourth-order valence-electron chi connectivity index (χ4n) is 8.41. The van der Waals surface area contributed by atoms with Crippen LogP contribution in [0.2, 0.25) is 18.6 Å². The van der Waals surface area contributed by atoms with Gasteiger partial charge in [-0.3, -0.25) is 14.4 Å². The van der Waals surface area contributed by atoms with E-state index in [9.17, 15) is 19.5 Å². The number of carbonyl (C=O) groups is 3. The molecule has 4 aromatic rings. The Morgan fingerprint density at radius 1 is 0.981 bits per heavy atom. The minimum atomic E-state index is -3.52. The quantitative estimate of drug-likeness (QED) is 0.124. The van der Waals surface area contributed by atoms with Crippen molar-refractivity contribution in [1.82, 2.24) is 4.90 Å². The van der Waals surface area contributed by atoms with E-state index in [2.05, 4.69) is 21.0 Å². The standard InChI is InChI=1S/C42H44BrFN4O5Si/c1-28-40(54(2,3)44)37(25-39(51)46(22-23-49)26-29-10-6-4-7-11-29)53-42(28)34-24-32(43)16-20-36(34)47(41(42)52)27-30-14-17-33(18-15-30)48-38(50)21-19-35(45-48)31-12-8-5-9-13-31/h4-18,20,24,28,37,40,49H,19,21-23,25-27H2,1-3H3/t28-,37+,40-,42+/m1/s1. The highest BCUT2D eigenvalue weighted by Gasteiger charge is 2.67. The second-order valence-electron chi connectivity index (χ2n) is 14.8. The third kappa shape index (κ3) is 7.19. The van der Waals surface area contributed by atoms with Gasteiger partial charge in [0.1, 0.15) is 0 Å². The van der Waals surface area contributed by atoms with Crippen molar-refractivity contribution in [2.75, 3.05) is 23.1 Å². The van der Waals surface area contributed by atoms with Crippen molar-refractivity contribution >= 4 is 59.1 Å². The van der Waals surface area contributed by atoms with Crippen molar-refractivity contribution in [2.24, 2.45) is 11.0 Å². The Balaban J connectivity index is 1.16. The van der Waals surface area contributed by atoms with Crippen LogP contribution in [0.5, 0.6) is 0 Å². The molecular formula is C42H44BrFN4O5Si. The number of benzene rings is 4. The molecule has 3 amide bonds. The van der Waals surface area contributed by atoms with Crippen molar-refractivity contribution in [1.29, 1.82) is 0 Å². The minimum Gasteiger partial charge on any atom is -0.395 e. The van der Waals surface area contributed by atoms with Crippen LogP contribution in [0.15, 0.2) is 113 Å². The summed E-state index contributed by atoms with van der Waals surface area (Å²) in [5.41, 5.74) is 3.33. The maximum absolute atomic E-state index is 16.5. The van der Waals surface area contributed by atoms with Gasteiger partial charge in [-0.2, -0.15) is 5.10 Å². The molecule has 3 heterocycles. The summed E-state index contributed by atoms with van der Waals surface area (Å²) in [5.74, 6) is -1.23. The highest BCUT2D eigenvalue weighted by Crippen LogP contribution is 2.60. The first-order valence-electron chi connectivity index (χ1n) is 18.4. The number of hydrogen-bond acceptors (Lipinski definition) is 6. The van der Waals surface area contributed by atoms with Crippen LogP contribution in [0, 0.1) is 5.92 Å². The number of ether oxygens (including phenoxy) is 1. The van der Waals surface area contributed by atoms with Crippen molar-refractivity contribution in [3.05, 3.63) is 130 Å². The van der Waals surface area contributed by atoms with Crippen molar-refractivity contribution < 1.29 is 28.3 Å². The molecule has 9 nitrogen and oxygen atoms in total. The number of amides is 3. The normalized spacial score (nSPS) is 22.5. The van der Waals surface area contributed by atoms with Crippen LogP contribution in [0.25, 0.3) is 0 Å². The average Bonchev–Trinajstić information content (AvgIpc) is 3.58. The summed E-state index contributed by atoms with van der Waals surface area (Å²) in [6.07, 6.45) is -0.0531. The molecule has 1 N–H and O–H groups in total. The van der Waals surface area contributed by atoms with Gasteiger partial charge in [0, 0.05) is 47.4 Å². The summed E-state index contributed by atoms with van der Waals surface area (Å²) in [4.78, 5) is 45.0. The zero-order valence-electron chi connectivity index (χ0n) is 30.6. The topological polar surface area (TPSA) is 103 Å². The number of anilines is 2. The Morgan fingerprint density at radius 3 is 2.33 bits per heavy atom. The van der Waals surface area contributed by atoms with Gasteiger partial charge in [-0.15, -0.1) is 0 Å². The monoisotopic (exact) mass is 810 g/mol. The van der Waals surface area contributed by atoms with Gasteiger partial charge < -0.3 is 23.8 Å². The molecule has 4 aromatic carbocycles. The van der Waals surface area contributed by atoms with Crippen molar-refractivity contribution in [3.63, 3.8) is 0 Å². The molecule has 3 aliphatic rings. The molecule has 0 bridgehead atoms. The molecule has 12 heteroatoms. The Labute approximate surface area is 324 Å². The molecular weight excluding hydrogens is 767 g/mol. The Hall–Kier alpha value is -4.49. The van der Waals surface area contributed by atoms with Gasteiger partial charge in [-0.1, -0.05) is 95.7 Å². The molecule has 0 saturated carbocycles. The number of rotatable bonds is 11. The second-order valence-corrected chi connectivity index (χ2v) is 19.5. The second kappa shape index (κ2) is 15.3. The molecule has 280 valence electrons. The number of nitrogens with zero attached hydrogens (tertiary/aromatic N) is 4. The molecule has 0 unspecified atom stereocenters. The van der Waals surface area contributed by atoms with E-state index in [4.69, 9.17) is 4.74 Å². The summed E-state index contributed by atoms with van der Waals surface area (Å²) < 4.78 is 24.1. The van der Waals surface area contributed by atoms with Crippen LogP contribution in [0.4, 0.5) is 15.5 Å². The van der Waals surface area contributed by atoms with Gasteiger partial charge in [0.05, 0.1) is 42.8 Å². The van der Waals surface area contributed by atoms with E-state index in [1.54, 1.807) is 22.9 Å². The van der Waals surface area contributed by atoms with E-state index in [0.717, 1.165) is 26.9 Å². The lowest BCUT2D eigenvalue weighted by atomic mass is 9.82. The molecule has 3 aliphatic heterocycles. The molecule has 4 atom stereocenters. The zero-order valence-corrected chi connectivity index (χ0v) is 33.2. The van der Waals surface area contributed by atoms with Gasteiger partial charge >= 0.3 is 0 Å². The van der Waals surface area contributed by atoms with Gasteiger partial charge in [0.15, 0.2) is 5.60 Å². The molecule has 1 saturated heterocycles. The largest absolute Gasteiger partial charge is 0.395 e. The highest BCUT2D eigenvalue weighted by molar-refractivity contribution is 9.10. The lowest BCUT2D eigenvalue weighted by molar-refractivity contribution is -0.150. The lowest BCUT2D eigenvalue weighted by Gasteiger charge is -2.31. The van der Waals surface area contributed by atoms with Gasteiger partial charge in [0.2, 0.25) is 20.2 Å². The van der Waals surface area contributed by atoms with E-state index >= 15 is 4.11 Å². The maximum Gasteiger partial charge on any atom is 0.264 e. The number of carbonyl (C=O) groups excluding carboxylic acids is 3. The predicted octanol–water partition coefficient (Wildman–Crippen LogP) is 7.71. The molecule has 1 fully saturated rings. The van der Waals surface area contributed by atoms with Gasteiger partial charge in [-0.05, 0) is 60.1 Å². The van der Waals surface area contributed by atoms with E-state index in [0.29, 0.717) is 36.3 Å². The predicted molar refractivity (Wildman–Crippen MR) is 213 cm³/mol. The van der Waals surface area contributed by atoms with Crippen LogP contribution >= 0.6 is 15.9 Å². The van der Waals surface area contributed by atoms with Crippen LogP contribution in [0.3, 0.4) is 0 Å². The average molecular weight is 812 g/mol. The minimum absolute atomic E-state index is 0.0903. The van der Waals surface area contributed by atoms with Crippen LogP contribution < -0.4 is 9.91 Å². The lowest BCUT2D eigenvalue weighted by Crippen LogP contribution is -2.45. The van der Waals surface area contributed by atoms with Crippen molar-refractivity contribution in [3.8, 4) is 0 Å². The third-order valence-corrected chi connectivity index (χ3v) is 13.8. The Kier molecular flexibility index (Phi) is 10.7. The molecule has 54 heavy (non-hydrogen) atoms. The fraction of sp³-hybridized carbons (Fsp3) is 0.333. The van der Waals surface area contributed by atoms with E-state index in [1.165, 1.54) is 5.01 Å². The van der Waals surface area contributed by atoms with Crippen LogP contribution in [-0.4, -0.2) is 61.1 Å². The van der Waals surface area contributed by atoms with Gasteiger partial charge in [-0.25, -0.2) is 5.01 Å². The first kappa shape index (κ1) is 37.8. The van der Waals surface area contributed by atoms with E-state index < -0.39 is 31.6 Å². The number of halogens is 2. The zero-order chi connectivity index (χ0) is 38.2. The van der Waals surface area contributed by atoms with Gasteiger partial charge in [0.25, 0.3) is 5.91 Å². The van der Waals surface area contributed by atoms with E-state index in [-0.39, 0.29) is 43.8 Å². The fourth-order valence-corrected chi connectivity index (χ4v) is 11.3. The summed E-state index contributed by atoms with van der Waals surface area (Å²) >= 11 is 3.59. The number of hydrazone groups is 1. The molecule has 1 spiro atoms. The van der Waals surface area contributed by atoms with Crippen molar-refractivity contribution in [2.45, 2.75) is 69.6 Å². The summed E-state index contributed by atoms with van der Waals surface area (Å²) in [7, 11) is -3.52. The summed E-state index contributed by atoms with van der Waals surface area (Å²) in [6.45, 7) is 5.51. The van der Waals surface area contributed by atoms with Crippen LogP contribution in [-0.2, 0) is 37.8 Å². The summed E-state index contributed by atoms with van der Waals surface area (Å²) in [6, 6.07) is 32.4. The molecule has 0 aromatic heterocycles. The Morgan fingerprint density at radius 2 is 1.67 bits per heavy atom. The first-order chi connectivity index (χ1) is 25.9. The molecule has 0 radical (unpaired) electrons. The highest BCUT2D eigenvalue weighted by atomic mass is 79.9. The van der Waals surface area contributed by atoms with Crippen LogP contribution in [0.1, 0.15) is 48.4 Å². The number of aliphatic hydroxyl groups is 1.